The second-order valence-electron chi connectivity index (χ2n) is 5.04. The molecule has 102 valence electrons. The molecule has 4 heteroatoms. The highest BCUT2D eigenvalue weighted by Crippen LogP contribution is 2.29. The molecule has 0 bridgehead atoms. The number of fused-ring (bicyclic) bond motifs is 1. The van der Waals surface area contributed by atoms with Crippen LogP contribution in [0.3, 0.4) is 0 Å². The molecule has 0 aliphatic carbocycles. The molecule has 20 heavy (non-hydrogen) atoms. The summed E-state index contributed by atoms with van der Waals surface area (Å²) in [6.07, 6.45) is 2.18. The van der Waals surface area contributed by atoms with Crippen LogP contribution in [0.5, 0.6) is 0 Å². The number of hydrogen-bond acceptors (Lipinski definition) is 3. The third-order valence-electron chi connectivity index (χ3n) is 3.76. The highest BCUT2D eigenvalue weighted by atomic mass is 16.6. The van der Waals surface area contributed by atoms with Gasteiger partial charge in [-0.2, -0.15) is 0 Å². The Morgan fingerprint density at radius 3 is 2.70 bits per heavy atom. The zero-order chi connectivity index (χ0) is 13.9. The summed E-state index contributed by atoms with van der Waals surface area (Å²) in [4.78, 5) is 13.0. The van der Waals surface area contributed by atoms with Crippen LogP contribution in [0.1, 0.15) is 17.5 Å². The molecule has 0 amide bonds. The topological polar surface area (TPSA) is 46.4 Å². The molecule has 1 aliphatic rings. The molecule has 0 radical (unpaired) electrons. The molecule has 0 saturated carbocycles. The van der Waals surface area contributed by atoms with Crippen molar-refractivity contribution in [1.29, 1.82) is 0 Å². The standard InChI is InChI=1S/C16H16N2O2/c19-18(20)16-10-4-2-7-14(16)12-17-11-5-8-13-6-1-3-9-15(13)17/h1-4,6-7,9-10H,5,8,11-12H2. The predicted octanol–water partition coefficient (Wildman–Crippen LogP) is 3.55. The molecule has 0 aromatic heterocycles. The summed E-state index contributed by atoms with van der Waals surface area (Å²) in [6.45, 7) is 1.54. The van der Waals surface area contributed by atoms with E-state index in [1.54, 1.807) is 12.1 Å². The Hall–Kier alpha value is -2.36. The first-order chi connectivity index (χ1) is 9.75. The first kappa shape index (κ1) is 12.7. The van der Waals surface area contributed by atoms with E-state index >= 15 is 0 Å². The summed E-state index contributed by atoms with van der Waals surface area (Å²) in [6, 6.07) is 15.3. The van der Waals surface area contributed by atoms with Gasteiger partial charge in [0.1, 0.15) is 0 Å². The summed E-state index contributed by atoms with van der Waals surface area (Å²) in [5, 5.41) is 11.1. The number of para-hydroxylation sites is 2. The van der Waals surface area contributed by atoms with E-state index in [2.05, 4.69) is 17.0 Å². The van der Waals surface area contributed by atoms with Crippen molar-refractivity contribution in [3.63, 3.8) is 0 Å². The SMILES string of the molecule is O=[N+]([O-])c1ccccc1CN1CCCc2ccccc21. The molecule has 4 nitrogen and oxygen atoms in total. The Morgan fingerprint density at radius 1 is 1.10 bits per heavy atom. The zero-order valence-electron chi connectivity index (χ0n) is 11.2. The van der Waals surface area contributed by atoms with E-state index in [0.717, 1.165) is 24.9 Å². The van der Waals surface area contributed by atoms with E-state index in [1.165, 1.54) is 11.3 Å². The first-order valence-corrected chi connectivity index (χ1v) is 6.81. The number of benzene rings is 2. The lowest BCUT2D eigenvalue weighted by Crippen LogP contribution is -2.29. The fourth-order valence-electron chi connectivity index (χ4n) is 2.80. The van der Waals surface area contributed by atoms with E-state index in [-0.39, 0.29) is 10.6 Å². The molecule has 2 aromatic rings. The van der Waals surface area contributed by atoms with Gasteiger partial charge in [-0.3, -0.25) is 10.1 Å². The highest BCUT2D eigenvalue weighted by Gasteiger charge is 2.20. The molecule has 2 aromatic carbocycles. The van der Waals surface area contributed by atoms with Gasteiger partial charge in [-0.25, -0.2) is 0 Å². The Balaban J connectivity index is 1.92. The lowest BCUT2D eigenvalue weighted by molar-refractivity contribution is -0.385. The Kier molecular flexibility index (Phi) is 3.37. The third kappa shape index (κ3) is 2.37. The van der Waals surface area contributed by atoms with E-state index < -0.39 is 0 Å². The maximum atomic E-state index is 11.1. The summed E-state index contributed by atoms with van der Waals surface area (Å²) in [7, 11) is 0. The molecule has 3 rings (SSSR count). The molecule has 0 unspecified atom stereocenters. The van der Waals surface area contributed by atoms with Crippen molar-refractivity contribution in [3.8, 4) is 0 Å². The van der Waals surface area contributed by atoms with Crippen LogP contribution < -0.4 is 4.90 Å². The molecule has 0 atom stereocenters. The van der Waals surface area contributed by atoms with Gasteiger partial charge in [0.25, 0.3) is 5.69 Å². The number of nitro groups is 1. The van der Waals surface area contributed by atoms with Crippen molar-refractivity contribution in [2.24, 2.45) is 0 Å². The lowest BCUT2D eigenvalue weighted by atomic mass is 10.0. The second kappa shape index (κ2) is 5.33. The van der Waals surface area contributed by atoms with E-state index in [4.69, 9.17) is 0 Å². The maximum Gasteiger partial charge on any atom is 0.274 e. The Morgan fingerprint density at radius 2 is 1.85 bits per heavy atom. The van der Waals surface area contributed by atoms with Gasteiger partial charge >= 0.3 is 0 Å². The maximum absolute atomic E-state index is 11.1. The van der Waals surface area contributed by atoms with E-state index in [0.29, 0.717) is 6.54 Å². The van der Waals surface area contributed by atoms with Crippen LogP contribution in [0.25, 0.3) is 0 Å². The summed E-state index contributed by atoms with van der Waals surface area (Å²) >= 11 is 0. The van der Waals surface area contributed by atoms with Crippen molar-refractivity contribution in [3.05, 3.63) is 69.8 Å². The van der Waals surface area contributed by atoms with Crippen LogP contribution in [0.4, 0.5) is 11.4 Å². The summed E-state index contributed by atoms with van der Waals surface area (Å²) in [5.41, 5.74) is 3.51. The lowest BCUT2D eigenvalue weighted by Gasteiger charge is -2.31. The second-order valence-corrected chi connectivity index (χ2v) is 5.04. The normalized spacial score (nSPS) is 13.9. The largest absolute Gasteiger partial charge is 0.367 e. The number of nitrogens with zero attached hydrogens (tertiary/aromatic N) is 2. The average molecular weight is 268 g/mol. The van der Waals surface area contributed by atoms with E-state index in [9.17, 15) is 10.1 Å². The van der Waals surface area contributed by atoms with Crippen molar-refractivity contribution in [2.45, 2.75) is 19.4 Å². The number of nitro benzene ring substituents is 1. The third-order valence-corrected chi connectivity index (χ3v) is 3.76. The Bertz CT molecular complexity index is 640. The minimum atomic E-state index is -0.300. The van der Waals surface area contributed by atoms with Crippen LogP contribution in [-0.2, 0) is 13.0 Å². The summed E-state index contributed by atoms with van der Waals surface area (Å²) < 4.78 is 0. The van der Waals surface area contributed by atoms with Gasteiger partial charge in [0.15, 0.2) is 0 Å². The molecule has 0 saturated heterocycles. The van der Waals surface area contributed by atoms with Crippen LogP contribution in [0.2, 0.25) is 0 Å². The van der Waals surface area contributed by atoms with Crippen molar-refractivity contribution < 1.29 is 4.92 Å². The summed E-state index contributed by atoms with van der Waals surface area (Å²) in [5.74, 6) is 0. The molecule has 0 N–H and O–H groups in total. The predicted molar refractivity (Wildman–Crippen MR) is 78.9 cm³/mol. The van der Waals surface area contributed by atoms with Crippen molar-refractivity contribution in [1.82, 2.24) is 0 Å². The fraction of sp³-hybridized carbons (Fsp3) is 0.250. The zero-order valence-corrected chi connectivity index (χ0v) is 11.2. The van der Waals surface area contributed by atoms with Gasteiger partial charge in [-0.05, 0) is 24.5 Å². The molecule has 1 heterocycles. The number of rotatable bonds is 3. The first-order valence-electron chi connectivity index (χ1n) is 6.81. The van der Waals surface area contributed by atoms with Gasteiger partial charge in [0.05, 0.1) is 4.92 Å². The van der Waals surface area contributed by atoms with Crippen LogP contribution in [-0.4, -0.2) is 11.5 Å². The van der Waals surface area contributed by atoms with Crippen LogP contribution in [0.15, 0.2) is 48.5 Å². The Labute approximate surface area is 117 Å². The fourth-order valence-corrected chi connectivity index (χ4v) is 2.80. The van der Waals surface area contributed by atoms with Crippen molar-refractivity contribution in [2.75, 3.05) is 11.4 Å². The monoisotopic (exact) mass is 268 g/mol. The van der Waals surface area contributed by atoms with Crippen molar-refractivity contribution >= 4 is 11.4 Å². The van der Waals surface area contributed by atoms with Gasteiger partial charge in [0, 0.05) is 30.4 Å². The molecular weight excluding hydrogens is 252 g/mol. The van der Waals surface area contributed by atoms with Gasteiger partial charge in [0.2, 0.25) is 0 Å². The van der Waals surface area contributed by atoms with Gasteiger partial charge in [-0.15, -0.1) is 0 Å². The van der Waals surface area contributed by atoms with Gasteiger partial charge in [-0.1, -0.05) is 36.4 Å². The number of aryl methyl sites for hydroxylation is 1. The smallest absolute Gasteiger partial charge is 0.274 e. The van der Waals surface area contributed by atoms with Crippen LogP contribution >= 0.6 is 0 Å². The van der Waals surface area contributed by atoms with Gasteiger partial charge < -0.3 is 4.90 Å². The molecule has 1 aliphatic heterocycles. The minimum absolute atomic E-state index is 0.204. The molecule has 0 fully saturated rings. The minimum Gasteiger partial charge on any atom is -0.367 e. The highest BCUT2D eigenvalue weighted by molar-refractivity contribution is 5.56. The average Bonchev–Trinajstić information content (AvgIpc) is 2.48. The molecule has 0 spiro atoms. The van der Waals surface area contributed by atoms with E-state index in [1.807, 2.05) is 24.3 Å². The quantitative estimate of drug-likeness (QED) is 0.631. The molecular formula is C16H16N2O2. The van der Waals surface area contributed by atoms with Crippen LogP contribution in [0, 0.1) is 10.1 Å². The number of hydrogen-bond donors (Lipinski definition) is 0. The number of anilines is 1.